The van der Waals surface area contributed by atoms with Crippen LogP contribution < -0.4 is 4.74 Å². The lowest BCUT2D eigenvalue weighted by Crippen LogP contribution is -2.28. The minimum absolute atomic E-state index is 0.0249. The zero-order valence-electron chi connectivity index (χ0n) is 18.5. The standard InChI is InChI=1S/C25H32N4O2/c1-3-4-5-6-7-9-12-21-15-17-23(18-16-21)31-20(2)24(30)19-29-27-25(26-28-29)22-13-10-8-11-14-22/h8,10-11,13-18,20H,3-7,9,12,19H2,1-2H3. The highest BCUT2D eigenvalue weighted by Gasteiger charge is 2.17. The average molecular weight is 421 g/mol. The molecule has 6 heteroatoms. The normalized spacial score (nSPS) is 11.9. The quantitative estimate of drug-likeness (QED) is 0.352. The van der Waals surface area contributed by atoms with Gasteiger partial charge in [0.15, 0.2) is 11.9 Å². The third-order valence-electron chi connectivity index (χ3n) is 5.29. The number of ether oxygens (including phenoxy) is 1. The van der Waals surface area contributed by atoms with Gasteiger partial charge < -0.3 is 4.74 Å². The second-order valence-electron chi connectivity index (χ2n) is 7.90. The Morgan fingerprint density at radius 2 is 1.68 bits per heavy atom. The first kappa shape index (κ1) is 22.7. The number of aryl methyl sites for hydroxylation is 1. The Morgan fingerprint density at radius 3 is 2.42 bits per heavy atom. The molecule has 0 fully saturated rings. The highest BCUT2D eigenvalue weighted by Crippen LogP contribution is 2.17. The molecule has 0 aliphatic rings. The number of nitrogens with zero attached hydrogens (tertiary/aromatic N) is 4. The molecular weight excluding hydrogens is 388 g/mol. The molecule has 0 radical (unpaired) electrons. The minimum atomic E-state index is -0.587. The predicted octanol–water partition coefficient (Wildman–Crippen LogP) is 5.28. The number of aromatic nitrogens is 4. The van der Waals surface area contributed by atoms with Gasteiger partial charge in [0.25, 0.3) is 0 Å². The van der Waals surface area contributed by atoms with E-state index in [1.165, 1.54) is 48.9 Å². The van der Waals surface area contributed by atoms with Crippen molar-refractivity contribution in [1.82, 2.24) is 20.2 Å². The van der Waals surface area contributed by atoms with E-state index in [4.69, 9.17) is 4.74 Å². The van der Waals surface area contributed by atoms with Crippen molar-refractivity contribution in [2.45, 2.75) is 71.4 Å². The molecule has 0 aliphatic heterocycles. The van der Waals surface area contributed by atoms with E-state index in [-0.39, 0.29) is 12.3 Å². The molecule has 1 aromatic heterocycles. The topological polar surface area (TPSA) is 69.9 Å². The maximum atomic E-state index is 12.5. The van der Waals surface area contributed by atoms with Crippen LogP contribution in [0.5, 0.6) is 5.75 Å². The van der Waals surface area contributed by atoms with Crippen molar-refractivity contribution >= 4 is 5.78 Å². The van der Waals surface area contributed by atoms with Gasteiger partial charge >= 0.3 is 0 Å². The van der Waals surface area contributed by atoms with Crippen molar-refractivity contribution in [2.24, 2.45) is 0 Å². The van der Waals surface area contributed by atoms with Crippen LogP contribution >= 0.6 is 0 Å². The number of Topliss-reactive ketones (excluding diaryl/α,β-unsaturated/α-hetero) is 1. The van der Waals surface area contributed by atoms with Crippen LogP contribution in [0.2, 0.25) is 0 Å². The van der Waals surface area contributed by atoms with Gasteiger partial charge in [0.05, 0.1) is 0 Å². The summed E-state index contributed by atoms with van der Waals surface area (Å²) in [4.78, 5) is 13.8. The van der Waals surface area contributed by atoms with E-state index in [2.05, 4.69) is 34.5 Å². The maximum Gasteiger partial charge on any atom is 0.204 e. The summed E-state index contributed by atoms with van der Waals surface area (Å²) in [6.07, 6.45) is 8.28. The summed E-state index contributed by atoms with van der Waals surface area (Å²) < 4.78 is 5.83. The molecule has 31 heavy (non-hydrogen) atoms. The Hall–Kier alpha value is -3.02. The molecule has 0 saturated carbocycles. The number of carbonyl (C=O) groups is 1. The Bertz CT molecular complexity index is 922. The van der Waals surface area contributed by atoms with Crippen LogP contribution in [-0.4, -0.2) is 32.1 Å². The average Bonchev–Trinajstić information content (AvgIpc) is 3.26. The number of rotatable bonds is 13. The van der Waals surface area contributed by atoms with Gasteiger partial charge in [-0.3, -0.25) is 4.79 Å². The van der Waals surface area contributed by atoms with Gasteiger partial charge in [-0.2, -0.15) is 4.80 Å². The van der Waals surface area contributed by atoms with Crippen LogP contribution in [-0.2, 0) is 17.8 Å². The second kappa shape index (κ2) is 12.0. The van der Waals surface area contributed by atoms with E-state index in [1.807, 2.05) is 42.5 Å². The summed E-state index contributed by atoms with van der Waals surface area (Å²) in [6.45, 7) is 4.02. The Morgan fingerprint density at radius 1 is 0.968 bits per heavy atom. The van der Waals surface area contributed by atoms with E-state index in [9.17, 15) is 4.79 Å². The van der Waals surface area contributed by atoms with Gasteiger partial charge in [-0.15, -0.1) is 10.2 Å². The van der Waals surface area contributed by atoms with Gasteiger partial charge in [-0.25, -0.2) is 0 Å². The molecule has 6 nitrogen and oxygen atoms in total. The molecule has 0 amide bonds. The van der Waals surface area contributed by atoms with E-state index in [1.54, 1.807) is 6.92 Å². The smallest absolute Gasteiger partial charge is 0.204 e. The SMILES string of the molecule is CCCCCCCCc1ccc(OC(C)C(=O)Cn2nnc(-c3ccccc3)n2)cc1. The third kappa shape index (κ3) is 7.31. The number of carbonyl (C=O) groups excluding carboxylic acids is 1. The van der Waals surface area contributed by atoms with Crippen molar-refractivity contribution in [2.75, 3.05) is 0 Å². The Balaban J connectivity index is 1.44. The van der Waals surface area contributed by atoms with Crippen LogP contribution in [0.4, 0.5) is 0 Å². The monoisotopic (exact) mass is 420 g/mol. The number of unbranched alkanes of at least 4 members (excludes halogenated alkanes) is 5. The summed E-state index contributed by atoms with van der Waals surface area (Å²) in [7, 11) is 0. The highest BCUT2D eigenvalue weighted by atomic mass is 16.5. The van der Waals surface area contributed by atoms with Crippen LogP contribution in [0.25, 0.3) is 11.4 Å². The molecule has 164 valence electrons. The summed E-state index contributed by atoms with van der Waals surface area (Å²) in [5.74, 6) is 1.10. The second-order valence-corrected chi connectivity index (χ2v) is 7.90. The molecular formula is C25H32N4O2. The molecule has 0 aliphatic carbocycles. The van der Waals surface area contributed by atoms with Crippen molar-refractivity contribution in [3.8, 4) is 17.1 Å². The molecule has 0 N–H and O–H groups in total. The largest absolute Gasteiger partial charge is 0.483 e. The number of hydrogen-bond donors (Lipinski definition) is 0. The minimum Gasteiger partial charge on any atom is -0.483 e. The first-order valence-electron chi connectivity index (χ1n) is 11.3. The van der Waals surface area contributed by atoms with Crippen molar-refractivity contribution in [3.63, 3.8) is 0 Å². The first-order chi connectivity index (χ1) is 15.2. The highest BCUT2D eigenvalue weighted by molar-refractivity contribution is 5.82. The number of hydrogen-bond acceptors (Lipinski definition) is 5. The van der Waals surface area contributed by atoms with Gasteiger partial charge in [0, 0.05) is 5.56 Å². The number of benzene rings is 2. The molecule has 2 aromatic carbocycles. The van der Waals surface area contributed by atoms with E-state index < -0.39 is 6.10 Å². The molecule has 3 rings (SSSR count). The lowest BCUT2D eigenvalue weighted by atomic mass is 10.0. The molecule has 0 saturated heterocycles. The van der Waals surface area contributed by atoms with E-state index >= 15 is 0 Å². The third-order valence-corrected chi connectivity index (χ3v) is 5.29. The van der Waals surface area contributed by atoms with Crippen LogP contribution in [0.15, 0.2) is 54.6 Å². The van der Waals surface area contributed by atoms with Crippen LogP contribution in [0.3, 0.4) is 0 Å². The van der Waals surface area contributed by atoms with Crippen LogP contribution in [0.1, 0.15) is 57.9 Å². The van der Waals surface area contributed by atoms with E-state index in [0.29, 0.717) is 11.6 Å². The fraction of sp³-hybridized carbons (Fsp3) is 0.440. The summed E-state index contributed by atoms with van der Waals surface area (Å²) >= 11 is 0. The van der Waals surface area contributed by atoms with Crippen molar-refractivity contribution < 1.29 is 9.53 Å². The Labute approximate surface area is 184 Å². The molecule has 1 atom stereocenters. The summed E-state index contributed by atoms with van der Waals surface area (Å²) in [5, 5.41) is 12.3. The van der Waals surface area contributed by atoms with Gasteiger partial charge in [0.2, 0.25) is 5.82 Å². The summed E-state index contributed by atoms with van der Waals surface area (Å²) in [6, 6.07) is 17.6. The lowest BCUT2D eigenvalue weighted by molar-refractivity contribution is -0.126. The van der Waals surface area contributed by atoms with Gasteiger partial charge in [-0.05, 0) is 42.7 Å². The van der Waals surface area contributed by atoms with Gasteiger partial charge in [0.1, 0.15) is 12.3 Å². The molecule has 1 heterocycles. The fourth-order valence-corrected chi connectivity index (χ4v) is 3.39. The first-order valence-corrected chi connectivity index (χ1v) is 11.3. The predicted molar refractivity (Wildman–Crippen MR) is 122 cm³/mol. The molecule has 3 aromatic rings. The van der Waals surface area contributed by atoms with E-state index in [0.717, 1.165) is 12.0 Å². The molecule has 0 bridgehead atoms. The van der Waals surface area contributed by atoms with Crippen LogP contribution in [0, 0.1) is 0 Å². The molecule has 1 unspecified atom stereocenters. The summed E-state index contributed by atoms with van der Waals surface area (Å²) in [5.41, 5.74) is 2.17. The molecule has 0 spiro atoms. The van der Waals surface area contributed by atoms with Gasteiger partial charge in [-0.1, -0.05) is 81.5 Å². The zero-order chi connectivity index (χ0) is 21.9. The fourth-order valence-electron chi connectivity index (χ4n) is 3.39. The number of tetrazole rings is 1. The number of ketones is 1. The van der Waals surface area contributed by atoms with Crippen molar-refractivity contribution in [3.05, 3.63) is 60.2 Å². The lowest BCUT2D eigenvalue weighted by Gasteiger charge is -2.13. The maximum absolute atomic E-state index is 12.5. The van der Waals surface area contributed by atoms with Crippen molar-refractivity contribution in [1.29, 1.82) is 0 Å². The Kier molecular flexibility index (Phi) is 8.76. The zero-order valence-corrected chi connectivity index (χ0v) is 18.5.